The number of allylic oxidation sites excluding steroid dienone is 2. The number of halogens is 2. The van der Waals surface area contributed by atoms with Crippen molar-refractivity contribution in [3.05, 3.63) is 64.9 Å². The van der Waals surface area contributed by atoms with Crippen molar-refractivity contribution in [2.24, 2.45) is 0 Å². The molecule has 0 fully saturated rings. The SMILES string of the molecule is CN/C(C#N)=C(\C)c1cc(OCc2ccccc2O)cc(C(C)(F)F)c1. The zero-order valence-corrected chi connectivity index (χ0v) is 14.8. The molecule has 0 saturated heterocycles. The molecular formula is C20H20F2N2O2. The number of aromatic hydroxyl groups is 1. The number of alkyl halides is 2. The lowest BCUT2D eigenvalue weighted by atomic mass is 9.99. The normalized spacial score (nSPS) is 12.2. The standard InChI is InChI=1S/C20H20F2N2O2/c1-13(18(11-23)24-3)15-8-16(20(2,21)22)10-17(9-15)26-12-14-6-4-5-7-19(14)25/h4-10,24-25H,12H2,1-3H3/b18-13+. The van der Waals surface area contributed by atoms with E-state index < -0.39 is 5.92 Å². The summed E-state index contributed by atoms with van der Waals surface area (Å²) in [4.78, 5) is 0. The quantitative estimate of drug-likeness (QED) is 0.743. The van der Waals surface area contributed by atoms with Gasteiger partial charge in [-0.3, -0.25) is 0 Å². The van der Waals surface area contributed by atoms with Crippen molar-refractivity contribution in [3.8, 4) is 17.6 Å². The molecule has 2 aromatic rings. The van der Waals surface area contributed by atoms with Gasteiger partial charge in [0.25, 0.3) is 5.92 Å². The maximum atomic E-state index is 13.9. The molecule has 0 unspecified atom stereocenters. The van der Waals surface area contributed by atoms with Gasteiger partial charge in [-0.2, -0.15) is 5.26 Å². The van der Waals surface area contributed by atoms with Gasteiger partial charge in [-0.25, -0.2) is 8.78 Å². The third-order valence-electron chi connectivity index (χ3n) is 3.97. The Hall–Kier alpha value is -3.07. The average Bonchev–Trinajstić information content (AvgIpc) is 2.61. The summed E-state index contributed by atoms with van der Waals surface area (Å²) < 4.78 is 33.4. The highest BCUT2D eigenvalue weighted by Gasteiger charge is 2.26. The van der Waals surface area contributed by atoms with Crippen molar-refractivity contribution >= 4 is 5.57 Å². The molecule has 6 heteroatoms. The fraction of sp³-hybridized carbons (Fsp3) is 0.250. The van der Waals surface area contributed by atoms with Gasteiger partial charge in [0.1, 0.15) is 29.9 Å². The third-order valence-corrected chi connectivity index (χ3v) is 3.97. The van der Waals surface area contributed by atoms with E-state index in [0.29, 0.717) is 16.7 Å². The molecule has 0 aliphatic heterocycles. The molecule has 0 atom stereocenters. The van der Waals surface area contributed by atoms with E-state index in [1.165, 1.54) is 18.2 Å². The van der Waals surface area contributed by atoms with Crippen LogP contribution in [0, 0.1) is 11.3 Å². The summed E-state index contributed by atoms with van der Waals surface area (Å²) in [6.07, 6.45) is 0. The molecule has 136 valence electrons. The van der Waals surface area contributed by atoms with Gasteiger partial charge in [-0.15, -0.1) is 0 Å². The molecule has 0 aliphatic carbocycles. The van der Waals surface area contributed by atoms with E-state index in [0.717, 1.165) is 6.92 Å². The van der Waals surface area contributed by atoms with Crippen LogP contribution in [-0.2, 0) is 12.5 Å². The Labute approximate surface area is 151 Å². The van der Waals surface area contributed by atoms with Crippen molar-refractivity contribution in [1.82, 2.24) is 5.32 Å². The molecule has 0 aromatic heterocycles. The number of nitriles is 1. The van der Waals surface area contributed by atoms with E-state index in [9.17, 15) is 13.9 Å². The van der Waals surface area contributed by atoms with Crippen LogP contribution in [0.2, 0.25) is 0 Å². The van der Waals surface area contributed by atoms with Crippen molar-refractivity contribution in [3.63, 3.8) is 0 Å². The number of ether oxygens (including phenoxy) is 1. The number of para-hydroxylation sites is 1. The lowest BCUT2D eigenvalue weighted by Crippen LogP contribution is -2.10. The van der Waals surface area contributed by atoms with Gasteiger partial charge in [0.15, 0.2) is 0 Å². The van der Waals surface area contributed by atoms with Gasteiger partial charge in [0, 0.05) is 25.1 Å². The first-order valence-corrected chi connectivity index (χ1v) is 7.98. The maximum Gasteiger partial charge on any atom is 0.270 e. The number of hydrogen-bond acceptors (Lipinski definition) is 4. The lowest BCUT2D eigenvalue weighted by Gasteiger charge is -2.16. The molecule has 2 rings (SSSR count). The summed E-state index contributed by atoms with van der Waals surface area (Å²) in [5, 5.41) is 21.7. The van der Waals surface area contributed by atoms with E-state index in [1.54, 1.807) is 38.2 Å². The van der Waals surface area contributed by atoms with Crippen LogP contribution in [0.3, 0.4) is 0 Å². The van der Waals surface area contributed by atoms with Crippen LogP contribution in [0.25, 0.3) is 5.57 Å². The Morgan fingerprint density at radius 3 is 2.54 bits per heavy atom. The molecule has 0 heterocycles. The van der Waals surface area contributed by atoms with Gasteiger partial charge in [0.2, 0.25) is 0 Å². The smallest absolute Gasteiger partial charge is 0.270 e. The Morgan fingerprint density at radius 2 is 1.96 bits per heavy atom. The predicted molar refractivity (Wildman–Crippen MR) is 95.7 cm³/mol. The molecule has 0 radical (unpaired) electrons. The van der Waals surface area contributed by atoms with E-state index in [2.05, 4.69) is 5.32 Å². The summed E-state index contributed by atoms with van der Waals surface area (Å²) in [6, 6.07) is 12.9. The van der Waals surface area contributed by atoms with Crippen molar-refractivity contribution in [1.29, 1.82) is 5.26 Å². The number of hydrogen-bond donors (Lipinski definition) is 2. The van der Waals surface area contributed by atoms with Crippen LogP contribution in [0.1, 0.15) is 30.5 Å². The number of phenols is 1. The van der Waals surface area contributed by atoms with Crippen LogP contribution in [-0.4, -0.2) is 12.2 Å². The molecule has 0 amide bonds. The fourth-order valence-corrected chi connectivity index (χ4v) is 2.42. The van der Waals surface area contributed by atoms with E-state index in [-0.39, 0.29) is 29.4 Å². The number of rotatable bonds is 6. The van der Waals surface area contributed by atoms with Crippen LogP contribution in [0.5, 0.6) is 11.5 Å². The summed E-state index contributed by atoms with van der Waals surface area (Å²) in [5.41, 5.74) is 1.61. The molecule has 0 spiro atoms. The lowest BCUT2D eigenvalue weighted by molar-refractivity contribution is 0.0171. The minimum atomic E-state index is -3.06. The largest absolute Gasteiger partial charge is 0.508 e. The number of benzene rings is 2. The van der Waals surface area contributed by atoms with Crippen LogP contribution in [0.15, 0.2) is 48.2 Å². The van der Waals surface area contributed by atoms with Gasteiger partial charge in [0.05, 0.1) is 0 Å². The summed E-state index contributed by atoms with van der Waals surface area (Å²) in [6.45, 7) is 2.51. The number of nitrogens with zero attached hydrogens (tertiary/aromatic N) is 1. The van der Waals surface area contributed by atoms with Gasteiger partial charge in [-0.1, -0.05) is 18.2 Å². The summed E-state index contributed by atoms with van der Waals surface area (Å²) in [7, 11) is 1.59. The van der Waals surface area contributed by atoms with Crippen LogP contribution in [0.4, 0.5) is 8.78 Å². The maximum absolute atomic E-state index is 13.9. The molecule has 0 aliphatic rings. The van der Waals surface area contributed by atoms with Crippen molar-refractivity contribution in [2.45, 2.75) is 26.4 Å². The van der Waals surface area contributed by atoms with Crippen molar-refractivity contribution in [2.75, 3.05) is 7.05 Å². The first-order valence-electron chi connectivity index (χ1n) is 7.98. The average molecular weight is 358 g/mol. The molecule has 0 saturated carbocycles. The Balaban J connectivity index is 2.43. The van der Waals surface area contributed by atoms with Gasteiger partial charge in [-0.05, 0) is 42.3 Å². The number of nitrogens with one attached hydrogen (secondary N) is 1. The first-order chi connectivity index (χ1) is 12.3. The topological polar surface area (TPSA) is 65.3 Å². The highest BCUT2D eigenvalue weighted by molar-refractivity contribution is 5.71. The predicted octanol–water partition coefficient (Wildman–Crippen LogP) is 4.56. The Bertz CT molecular complexity index is 865. The molecule has 0 bridgehead atoms. The highest BCUT2D eigenvalue weighted by atomic mass is 19.3. The minimum Gasteiger partial charge on any atom is -0.508 e. The highest BCUT2D eigenvalue weighted by Crippen LogP contribution is 2.34. The Kier molecular flexibility index (Phi) is 5.83. The molecular weight excluding hydrogens is 338 g/mol. The Morgan fingerprint density at radius 1 is 1.27 bits per heavy atom. The number of phenolic OH excluding ortho intramolecular Hbond substituents is 1. The zero-order chi connectivity index (χ0) is 19.3. The van der Waals surface area contributed by atoms with E-state index in [4.69, 9.17) is 10.00 Å². The fourth-order valence-electron chi connectivity index (χ4n) is 2.42. The van der Waals surface area contributed by atoms with E-state index in [1.807, 2.05) is 6.07 Å². The van der Waals surface area contributed by atoms with Crippen LogP contribution >= 0.6 is 0 Å². The molecule has 26 heavy (non-hydrogen) atoms. The first kappa shape index (κ1) is 19.3. The molecule has 2 aromatic carbocycles. The van der Waals surface area contributed by atoms with Gasteiger partial charge >= 0.3 is 0 Å². The summed E-state index contributed by atoms with van der Waals surface area (Å²) in [5.74, 6) is -2.76. The van der Waals surface area contributed by atoms with Crippen molar-refractivity contribution < 1.29 is 18.6 Å². The van der Waals surface area contributed by atoms with Crippen LogP contribution < -0.4 is 10.1 Å². The third kappa shape index (κ3) is 4.51. The molecule has 2 N–H and O–H groups in total. The second-order valence-corrected chi connectivity index (χ2v) is 5.91. The second-order valence-electron chi connectivity index (χ2n) is 5.91. The second kappa shape index (κ2) is 7.87. The summed E-state index contributed by atoms with van der Waals surface area (Å²) >= 11 is 0. The zero-order valence-electron chi connectivity index (χ0n) is 14.8. The monoisotopic (exact) mass is 358 g/mol. The van der Waals surface area contributed by atoms with E-state index >= 15 is 0 Å². The van der Waals surface area contributed by atoms with Gasteiger partial charge < -0.3 is 15.2 Å². The minimum absolute atomic E-state index is 0.0325. The molecule has 4 nitrogen and oxygen atoms in total.